The summed E-state index contributed by atoms with van der Waals surface area (Å²) in [5.74, 6) is 1.77. The van der Waals surface area contributed by atoms with E-state index in [0.717, 1.165) is 56.6 Å². The van der Waals surface area contributed by atoms with Crippen LogP contribution in [0.4, 0.5) is 0 Å². The number of tetrazole rings is 1. The van der Waals surface area contributed by atoms with Crippen LogP contribution in [-0.4, -0.2) is 51.4 Å². The summed E-state index contributed by atoms with van der Waals surface area (Å²) < 4.78 is 7.56. The third-order valence-electron chi connectivity index (χ3n) is 5.85. The second kappa shape index (κ2) is 6.84. The second-order valence-corrected chi connectivity index (χ2v) is 7.57. The average Bonchev–Trinajstić information content (AvgIpc) is 3.14. The SMILES string of the molecule is Cc1cccc(-n2nnnc2C2(N3CCOCC3)CCC(C)CC2)c1. The molecule has 2 fully saturated rings. The van der Waals surface area contributed by atoms with E-state index < -0.39 is 0 Å². The molecule has 1 saturated carbocycles. The minimum absolute atomic E-state index is 0.0798. The van der Waals surface area contributed by atoms with E-state index in [-0.39, 0.29) is 5.54 Å². The molecule has 6 nitrogen and oxygen atoms in total. The van der Waals surface area contributed by atoms with E-state index in [1.54, 1.807) is 0 Å². The van der Waals surface area contributed by atoms with Gasteiger partial charge in [-0.25, -0.2) is 0 Å². The first kappa shape index (κ1) is 16.7. The number of aromatic nitrogens is 4. The summed E-state index contributed by atoms with van der Waals surface area (Å²) in [6, 6.07) is 8.41. The molecule has 1 aromatic carbocycles. The molecule has 0 N–H and O–H groups in total. The summed E-state index contributed by atoms with van der Waals surface area (Å²) in [6.45, 7) is 7.96. The van der Waals surface area contributed by atoms with Crippen LogP contribution in [0, 0.1) is 12.8 Å². The lowest BCUT2D eigenvalue weighted by molar-refractivity contribution is -0.0499. The van der Waals surface area contributed by atoms with Gasteiger partial charge in [-0.3, -0.25) is 4.90 Å². The molecule has 1 aliphatic carbocycles. The fraction of sp³-hybridized carbons (Fsp3) is 0.632. The number of aryl methyl sites for hydroxylation is 1. The molecular formula is C19H27N5O. The molecule has 0 spiro atoms. The van der Waals surface area contributed by atoms with Crippen LogP contribution in [0.5, 0.6) is 0 Å². The Morgan fingerprint density at radius 3 is 2.64 bits per heavy atom. The van der Waals surface area contributed by atoms with Crippen LogP contribution < -0.4 is 0 Å². The predicted molar refractivity (Wildman–Crippen MR) is 95.6 cm³/mol. The van der Waals surface area contributed by atoms with Crippen molar-refractivity contribution in [2.45, 2.75) is 45.1 Å². The number of nitrogens with zero attached hydrogens (tertiary/aromatic N) is 5. The van der Waals surface area contributed by atoms with Gasteiger partial charge < -0.3 is 4.74 Å². The fourth-order valence-electron chi connectivity index (χ4n) is 4.32. The number of morpholine rings is 1. The van der Waals surface area contributed by atoms with Gasteiger partial charge in [-0.2, -0.15) is 4.68 Å². The zero-order valence-electron chi connectivity index (χ0n) is 15.2. The Morgan fingerprint density at radius 2 is 1.92 bits per heavy atom. The highest BCUT2D eigenvalue weighted by Crippen LogP contribution is 2.43. The molecular weight excluding hydrogens is 314 g/mol. The van der Waals surface area contributed by atoms with Crippen LogP contribution in [0.2, 0.25) is 0 Å². The van der Waals surface area contributed by atoms with E-state index in [1.165, 1.54) is 18.4 Å². The molecule has 0 amide bonds. The molecule has 6 heteroatoms. The van der Waals surface area contributed by atoms with E-state index in [1.807, 2.05) is 4.68 Å². The summed E-state index contributed by atoms with van der Waals surface area (Å²) in [6.07, 6.45) is 4.66. The van der Waals surface area contributed by atoms with E-state index in [0.29, 0.717) is 0 Å². The van der Waals surface area contributed by atoms with Crippen LogP contribution in [0.25, 0.3) is 5.69 Å². The summed E-state index contributed by atoms with van der Waals surface area (Å²) >= 11 is 0. The highest BCUT2D eigenvalue weighted by atomic mass is 16.5. The molecule has 25 heavy (non-hydrogen) atoms. The summed E-state index contributed by atoms with van der Waals surface area (Å²) in [4.78, 5) is 2.57. The molecule has 2 heterocycles. The Hall–Kier alpha value is -1.79. The van der Waals surface area contributed by atoms with Gasteiger partial charge in [-0.15, -0.1) is 5.10 Å². The lowest BCUT2D eigenvalue weighted by Gasteiger charge is -2.47. The van der Waals surface area contributed by atoms with Gasteiger partial charge in [0.1, 0.15) is 0 Å². The number of rotatable bonds is 3. The van der Waals surface area contributed by atoms with E-state index in [9.17, 15) is 0 Å². The number of benzene rings is 1. The quantitative estimate of drug-likeness (QED) is 0.859. The maximum absolute atomic E-state index is 5.60. The summed E-state index contributed by atoms with van der Waals surface area (Å²) in [5.41, 5.74) is 2.19. The molecule has 1 aromatic heterocycles. The van der Waals surface area contributed by atoms with Crippen LogP contribution in [0.3, 0.4) is 0 Å². The third-order valence-corrected chi connectivity index (χ3v) is 5.85. The lowest BCUT2D eigenvalue weighted by Crippen LogP contribution is -2.54. The van der Waals surface area contributed by atoms with Crippen LogP contribution in [0.1, 0.15) is 44.0 Å². The van der Waals surface area contributed by atoms with Crippen LogP contribution in [0.15, 0.2) is 24.3 Å². The van der Waals surface area contributed by atoms with Gasteiger partial charge >= 0.3 is 0 Å². The number of ether oxygens (including phenoxy) is 1. The highest BCUT2D eigenvalue weighted by molar-refractivity contribution is 5.36. The van der Waals surface area contributed by atoms with Crippen molar-refractivity contribution in [2.75, 3.05) is 26.3 Å². The first-order valence-electron chi connectivity index (χ1n) is 9.38. The van der Waals surface area contributed by atoms with Crippen LogP contribution >= 0.6 is 0 Å². The topological polar surface area (TPSA) is 56.1 Å². The Labute approximate surface area is 149 Å². The Kier molecular flexibility index (Phi) is 4.56. The second-order valence-electron chi connectivity index (χ2n) is 7.57. The maximum Gasteiger partial charge on any atom is 0.176 e. The average molecular weight is 341 g/mol. The summed E-state index contributed by atoms with van der Waals surface area (Å²) in [5, 5.41) is 13.0. The zero-order chi connectivity index (χ0) is 17.3. The molecule has 2 aromatic rings. The van der Waals surface area contributed by atoms with E-state index in [4.69, 9.17) is 4.74 Å². The van der Waals surface area contributed by atoms with E-state index >= 15 is 0 Å². The summed E-state index contributed by atoms with van der Waals surface area (Å²) in [7, 11) is 0. The standard InChI is InChI=1S/C19H27N5O/c1-15-6-8-19(9-7-15,23-10-12-25-13-11-23)18-20-21-22-24(18)17-5-3-4-16(2)14-17/h3-5,14-15H,6-13H2,1-2H3. The Morgan fingerprint density at radius 1 is 1.16 bits per heavy atom. The Bertz CT molecular complexity index is 714. The number of hydrogen-bond acceptors (Lipinski definition) is 5. The van der Waals surface area contributed by atoms with Gasteiger partial charge in [0.25, 0.3) is 0 Å². The predicted octanol–water partition coefficient (Wildman–Crippen LogP) is 2.71. The van der Waals surface area contributed by atoms with Crippen molar-refractivity contribution in [2.24, 2.45) is 5.92 Å². The molecule has 1 aliphatic heterocycles. The molecule has 1 saturated heterocycles. The van der Waals surface area contributed by atoms with Crippen molar-refractivity contribution in [1.29, 1.82) is 0 Å². The maximum atomic E-state index is 5.60. The van der Waals surface area contributed by atoms with E-state index in [2.05, 4.69) is 58.5 Å². The molecule has 0 radical (unpaired) electrons. The molecule has 134 valence electrons. The molecule has 0 unspecified atom stereocenters. The largest absolute Gasteiger partial charge is 0.379 e. The minimum atomic E-state index is -0.0798. The molecule has 4 rings (SSSR count). The Balaban J connectivity index is 1.77. The minimum Gasteiger partial charge on any atom is -0.379 e. The zero-order valence-corrected chi connectivity index (χ0v) is 15.2. The monoisotopic (exact) mass is 341 g/mol. The molecule has 2 aliphatic rings. The van der Waals surface area contributed by atoms with Crippen molar-refractivity contribution in [3.8, 4) is 5.69 Å². The van der Waals surface area contributed by atoms with Gasteiger partial charge in [0.05, 0.1) is 24.4 Å². The van der Waals surface area contributed by atoms with Gasteiger partial charge in [-0.1, -0.05) is 19.1 Å². The lowest BCUT2D eigenvalue weighted by atomic mass is 9.75. The molecule has 0 bridgehead atoms. The highest BCUT2D eigenvalue weighted by Gasteiger charge is 2.45. The van der Waals surface area contributed by atoms with Gasteiger partial charge in [0, 0.05) is 13.1 Å². The van der Waals surface area contributed by atoms with Crippen molar-refractivity contribution in [3.63, 3.8) is 0 Å². The van der Waals surface area contributed by atoms with Crippen molar-refractivity contribution >= 4 is 0 Å². The van der Waals surface area contributed by atoms with Gasteiger partial charge in [0.15, 0.2) is 5.82 Å². The molecule has 0 atom stereocenters. The first-order chi connectivity index (χ1) is 12.2. The van der Waals surface area contributed by atoms with Gasteiger partial charge in [-0.05, 0) is 66.6 Å². The normalized spacial score (nSPS) is 28.2. The number of hydrogen-bond donors (Lipinski definition) is 0. The third kappa shape index (κ3) is 3.09. The van der Waals surface area contributed by atoms with Crippen LogP contribution in [-0.2, 0) is 10.3 Å². The van der Waals surface area contributed by atoms with Crippen molar-refractivity contribution < 1.29 is 4.74 Å². The van der Waals surface area contributed by atoms with Crippen molar-refractivity contribution in [3.05, 3.63) is 35.7 Å². The fourth-order valence-corrected chi connectivity index (χ4v) is 4.32. The van der Waals surface area contributed by atoms with Gasteiger partial charge in [0.2, 0.25) is 0 Å². The van der Waals surface area contributed by atoms with Crippen molar-refractivity contribution in [1.82, 2.24) is 25.1 Å². The smallest absolute Gasteiger partial charge is 0.176 e. The first-order valence-corrected chi connectivity index (χ1v) is 9.38.